The van der Waals surface area contributed by atoms with Crippen molar-refractivity contribution in [2.45, 2.75) is 18.9 Å². The van der Waals surface area contributed by atoms with E-state index in [0.717, 1.165) is 0 Å². The van der Waals surface area contributed by atoms with Crippen molar-refractivity contribution in [3.8, 4) is 0 Å². The van der Waals surface area contributed by atoms with Crippen LogP contribution in [0.5, 0.6) is 0 Å². The Morgan fingerprint density at radius 3 is 2.90 bits per heavy atom. The molecule has 0 aliphatic carbocycles. The summed E-state index contributed by atoms with van der Waals surface area (Å²) in [5.41, 5.74) is 0.524. The van der Waals surface area contributed by atoms with E-state index in [0.29, 0.717) is 17.3 Å². The summed E-state index contributed by atoms with van der Waals surface area (Å²) in [6.07, 6.45) is -0.583. The SMILES string of the molecule is C[C@H](O)c1cc(CCl)on1. The maximum atomic E-state index is 8.97. The molecule has 1 N–H and O–H groups in total. The molecule has 1 rings (SSSR count). The van der Waals surface area contributed by atoms with Crippen molar-refractivity contribution in [1.29, 1.82) is 0 Å². The molecule has 0 bridgehead atoms. The Labute approximate surface area is 63.6 Å². The standard InChI is InChI=1S/C6H8ClNO2/c1-4(9)6-2-5(3-7)10-8-6/h2,4,9H,3H2,1H3/t4-/m0/s1. The zero-order chi connectivity index (χ0) is 7.56. The van der Waals surface area contributed by atoms with E-state index >= 15 is 0 Å². The molecule has 0 saturated carbocycles. The Morgan fingerprint density at radius 2 is 2.60 bits per heavy atom. The number of alkyl halides is 1. The molecule has 3 nitrogen and oxygen atoms in total. The Kier molecular flexibility index (Phi) is 2.29. The summed E-state index contributed by atoms with van der Waals surface area (Å²) < 4.78 is 4.73. The number of nitrogens with zero attached hydrogens (tertiary/aromatic N) is 1. The quantitative estimate of drug-likeness (QED) is 0.669. The summed E-state index contributed by atoms with van der Waals surface area (Å²) >= 11 is 5.43. The molecule has 10 heavy (non-hydrogen) atoms. The normalized spacial score (nSPS) is 13.5. The monoisotopic (exact) mass is 161 g/mol. The van der Waals surface area contributed by atoms with Crippen LogP contribution < -0.4 is 0 Å². The molecule has 56 valence electrons. The van der Waals surface area contributed by atoms with Gasteiger partial charge in [-0.2, -0.15) is 0 Å². The van der Waals surface area contributed by atoms with Crippen molar-refractivity contribution in [3.05, 3.63) is 17.5 Å². The molecule has 0 spiro atoms. The third kappa shape index (κ3) is 1.49. The van der Waals surface area contributed by atoms with Gasteiger partial charge in [-0.05, 0) is 6.92 Å². The van der Waals surface area contributed by atoms with Gasteiger partial charge in [0.2, 0.25) is 0 Å². The smallest absolute Gasteiger partial charge is 0.151 e. The second-order valence-electron chi connectivity index (χ2n) is 2.03. The van der Waals surface area contributed by atoms with Crippen LogP contribution in [0.4, 0.5) is 0 Å². The highest BCUT2D eigenvalue weighted by Crippen LogP contribution is 2.12. The van der Waals surface area contributed by atoms with E-state index < -0.39 is 6.10 Å². The average Bonchev–Trinajstić information content (AvgIpc) is 2.34. The molecular weight excluding hydrogens is 154 g/mol. The predicted molar refractivity (Wildman–Crippen MR) is 36.7 cm³/mol. The predicted octanol–water partition coefficient (Wildman–Crippen LogP) is 1.47. The van der Waals surface area contributed by atoms with Crippen LogP contribution in [-0.2, 0) is 5.88 Å². The molecule has 0 unspecified atom stereocenters. The summed E-state index contributed by atoms with van der Waals surface area (Å²) in [7, 11) is 0. The molecule has 1 aromatic heterocycles. The zero-order valence-corrected chi connectivity index (χ0v) is 6.30. The summed E-state index contributed by atoms with van der Waals surface area (Å²) in [4.78, 5) is 0. The molecule has 0 aliphatic rings. The van der Waals surface area contributed by atoms with Crippen LogP contribution in [0.25, 0.3) is 0 Å². The Balaban J connectivity index is 2.78. The summed E-state index contributed by atoms with van der Waals surface area (Å²) in [6, 6.07) is 1.64. The average molecular weight is 162 g/mol. The lowest BCUT2D eigenvalue weighted by atomic mass is 10.3. The molecule has 0 aromatic carbocycles. The number of halogens is 1. The van der Waals surface area contributed by atoms with Gasteiger partial charge in [0.15, 0.2) is 5.76 Å². The van der Waals surface area contributed by atoms with Crippen LogP contribution in [0.1, 0.15) is 24.5 Å². The first-order chi connectivity index (χ1) is 4.74. The van der Waals surface area contributed by atoms with Crippen molar-refractivity contribution in [1.82, 2.24) is 5.16 Å². The van der Waals surface area contributed by atoms with Crippen LogP contribution in [0.15, 0.2) is 10.6 Å². The minimum Gasteiger partial charge on any atom is -0.387 e. The Hall–Kier alpha value is -0.540. The van der Waals surface area contributed by atoms with Gasteiger partial charge in [0.05, 0.1) is 12.0 Å². The maximum absolute atomic E-state index is 8.97. The number of aliphatic hydroxyl groups excluding tert-OH is 1. The highest BCUT2D eigenvalue weighted by molar-refractivity contribution is 6.16. The van der Waals surface area contributed by atoms with E-state index in [4.69, 9.17) is 21.2 Å². The number of hydrogen-bond acceptors (Lipinski definition) is 3. The van der Waals surface area contributed by atoms with Crippen molar-refractivity contribution in [2.24, 2.45) is 0 Å². The van der Waals surface area contributed by atoms with Gasteiger partial charge in [-0.15, -0.1) is 11.6 Å². The van der Waals surface area contributed by atoms with Crippen molar-refractivity contribution >= 4 is 11.6 Å². The van der Waals surface area contributed by atoms with Crippen molar-refractivity contribution in [3.63, 3.8) is 0 Å². The summed E-state index contributed by atoms with van der Waals surface area (Å²) in [5.74, 6) is 0.872. The first-order valence-electron chi connectivity index (χ1n) is 2.93. The highest BCUT2D eigenvalue weighted by atomic mass is 35.5. The lowest BCUT2D eigenvalue weighted by molar-refractivity contribution is 0.187. The van der Waals surface area contributed by atoms with Gasteiger partial charge in [0.1, 0.15) is 5.69 Å². The molecule has 0 aliphatic heterocycles. The largest absolute Gasteiger partial charge is 0.387 e. The van der Waals surface area contributed by atoms with Crippen molar-refractivity contribution in [2.75, 3.05) is 0 Å². The fourth-order valence-electron chi connectivity index (χ4n) is 0.589. The van der Waals surface area contributed by atoms with Gasteiger partial charge in [0, 0.05) is 6.07 Å². The fourth-order valence-corrected chi connectivity index (χ4v) is 0.715. The molecule has 1 heterocycles. The number of hydrogen-bond donors (Lipinski definition) is 1. The fraction of sp³-hybridized carbons (Fsp3) is 0.500. The van der Waals surface area contributed by atoms with E-state index in [1.54, 1.807) is 13.0 Å². The first-order valence-corrected chi connectivity index (χ1v) is 3.47. The molecular formula is C6H8ClNO2. The lowest BCUT2D eigenvalue weighted by Crippen LogP contribution is -1.88. The minimum absolute atomic E-state index is 0.291. The van der Waals surface area contributed by atoms with Gasteiger partial charge in [-0.3, -0.25) is 0 Å². The first kappa shape index (κ1) is 7.57. The molecule has 0 saturated heterocycles. The Bertz CT molecular complexity index is 209. The minimum atomic E-state index is -0.583. The van der Waals surface area contributed by atoms with Crippen LogP contribution in [0.3, 0.4) is 0 Å². The van der Waals surface area contributed by atoms with E-state index in [1.165, 1.54) is 0 Å². The van der Waals surface area contributed by atoms with E-state index in [9.17, 15) is 0 Å². The van der Waals surface area contributed by atoms with Gasteiger partial charge in [-0.1, -0.05) is 5.16 Å². The van der Waals surface area contributed by atoms with Gasteiger partial charge in [0.25, 0.3) is 0 Å². The molecule has 0 fully saturated rings. The molecule has 0 radical (unpaired) electrons. The van der Waals surface area contributed by atoms with Gasteiger partial charge in [-0.25, -0.2) is 0 Å². The second-order valence-corrected chi connectivity index (χ2v) is 2.29. The number of aliphatic hydroxyl groups is 1. The topological polar surface area (TPSA) is 46.3 Å². The zero-order valence-electron chi connectivity index (χ0n) is 5.54. The van der Waals surface area contributed by atoms with E-state index in [1.807, 2.05) is 0 Å². The second kappa shape index (κ2) is 3.03. The summed E-state index contributed by atoms with van der Waals surface area (Å²) in [6.45, 7) is 1.62. The molecule has 0 amide bonds. The number of rotatable bonds is 2. The van der Waals surface area contributed by atoms with Crippen LogP contribution in [0.2, 0.25) is 0 Å². The van der Waals surface area contributed by atoms with Crippen molar-refractivity contribution < 1.29 is 9.63 Å². The molecule has 1 atom stereocenters. The molecule has 1 aromatic rings. The molecule has 4 heteroatoms. The van der Waals surface area contributed by atoms with Crippen LogP contribution >= 0.6 is 11.6 Å². The van der Waals surface area contributed by atoms with E-state index in [2.05, 4.69) is 5.16 Å². The van der Waals surface area contributed by atoms with Crippen LogP contribution in [0, 0.1) is 0 Å². The van der Waals surface area contributed by atoms with Gasteiger partial charge >= 0.3 is 0 Å². The summed E-state index contributed by atoms with van der Waals surface area (Å²) in [5, 5.41) is 12.5. The highest BCUT2D eigenvalue weighted by Gasteiger charge is 2.06. The maximum Gasteiger partial charge on any atom is 0.151 e. The lowest BCUT2D eigenvalue weighted by Gasteiger charge is -1.92. The van der Waals surface area contributed by atoms with Crippen LogP contribution in [-0.4, -0.2) is 10.3 Å². The third-order valence-electron chi connectivity index (χ3n) is 1.14. The Morgan fingerprint density at radius 1 is 1.90 bits per heavy atom. The third-order valence-corrected chi connectivity index (χ3v) is 1.40. The van der Waals surface area contributed by atoms with Gasteiger partial charge < -0.3 is 9.63 Å². The van der Waals surface area contributed by atoms with E-state index in [-0.39, 0.29) is 0 Å². The number of aromatic nitrogens is 1.